The molecule has 1 N–H and O–H groups in total. The Labute approximate surface area is 155 Å². The van der Waals surface area contributed by atoms with Crippen LogP contribution in [-0.2, 0) is 9.59 Å². The van der Waals surface area contributed by atoms with Gasteiger partial charge in [0.05, 0.1) is 18.0 Å². The molecule has 0 unspecified atom stereocenters. The number of thioether (sulfide) groups is 1. The van der Waals surface area contributed by atoms with E-state index in [2.05, 4.69) is 5.32 Å². The Hall–Kier alpha value is -2.54. The standard InChI is InChI=1S/C19H19FN2O3S/c20-14-5-7-15(8-6-14)25-12-10-21-18(23)9-11-22-16-3-1-2-4-17(16)26-13-19(22)24/h1-8H,9-13H2,(H,21,23). The molecular weight excluding hydrogens is 355 g/mol. The summed E-state index contributed by atoms with van der Waals surface area (Å²) in [5.74, 6) is 0.494. The summed E-state index contributed by atoms with van der Waals surface area (Å²) in [7, 11) is 0. The average Bonchev–Trinajstić information content (AvgIpc) is 2.66. The van der Waals surface area contributed by atoms with Crippen molar-refractivity contribution in [3.05, 3.63) is 54.3 Å². The SMILES string of the molecule is O=C(CCN1C(=O)CSc2ccccc21)NCCOc1ccc(F)cc1. The Morgan fingerprint density at radius 2 is 1.96 bits per heavy atom. The number of carbonyl (C=O) groups excluding carboxylic acids is 2. The van der Waals surface area contributed by atoms with Crippen LogP contribution < -0.4 is 15.0 Å². The first-order chi connectivity index (χ1) is 12.6. The second kappa shape index (κ2) is 8.71. The van der Waals surface area contributed by atoms with Gasteiger partial charge in [0.25, 0.3) is 0 Å². The first-order valence-electron chi connectivity index (χ1n) is 8.31. The van der Waals surface area contributed by atoms with Gasteiger partial charge in [-0.1, -0.05) is 12.1 Å². The number of hydrogen-bond acceptors (Lipinski definition) is 4. The monoisotopic (exact) mass is 374 g/mol. The molecule has 2 aromatic carbocycles. The third kappa shape index (κ3) is 4.76. The van der Waals surface area contributed by atoms with Gasteiger partial charge in [-0.05, 0) is 36.4 Å². The molecule has 2 amide bonds. The van der Waals surface area contributed by atoms with Crippen LogP contribution in [0.25, 0.3) is 0 Å². The van der Waals surface area contributed by atoms with Crippen LogP contribution in [-0.4, -0.2) is 37.3 Å². The smallest absolute Gasteiger partial charge is 0.237 e. The minimum Gasteiger partial charge on any atom is -0.492 e. The highest BCUT2D eigenvalue weighted by Gasteiger charge is 2.24. The van der Waals surface area contributed by atoms with Crippen LogP contribution in [0.15, 0.2) is 53.4 Å². The van der Waals surface area contributed by atoms with Crippen LogP contribution in [0.4, 0.5) is 10.1 Å². The number of hydrogen-bond donors (Lipinski definition) is 1. The third-order valence-electron chi connectivity index (χ3n) is 3.88. The normalized spacial score (nSPS) is 13.3. The van der Waals surface area contributed by atoms with Gasteiger partial charge >= 0.3 is 0 Å². The lowest BCUT2D eigenvalue weighted by atomic mass is 10.2. The minimum atomic E-state index is -0.321. The van der Waals surface area contributed by atoms with Crippen molar-refractivity contribution < 1.29 is 18.7 Å². The maximum atomic E-state index is 12.8. The fourth-order valence-corrected chi connectivity index (χ4v) is 3.53. The van der Waals surface area contributed by atoms with E-state index < -0.39 is 0 Å². The Morgan fingerprint density at radius 1 is 1.19 bits per heavy atom. The van der Waals surface area contributed by atoms with Crippen LogP contribution >= 0.6 is 11.8 Å². The van der Waals surface area contributed by atoms with E-state index in [1.807, 2.05) is 24.3 Å². The summed E-state index contributed by atoms with van der Waals surface area (Å²) in [6, 6.07) is 13.4. The van der Waals surface area contributed by atoms with Gasteiger partial charge in [0.15, 0.2) is 0 Å². The predicted octanol–water partition coefficient (Wildman–Crippen LogP) is 2.85. The zero-order valence-corrected chi connectivity index (χ0v) is 14.9. The van der Waals surface area contributed by atoms with Crippen molar-refractivity contribution in [3.63, 3.8) is 0 Å². The highest BCUT2D eigenvalue weighted by Crippen LogP contribution is 2.34. The van der Waals surface area contributed by atoms with E-state index in [0.717, 1.165) is 10.6 Å². The summed E-state index contributed by atoms with van der Waals surface area (Å²) in [4.78, 5) is 26.9. The van der Waals surface area contributed by atoms with E-state index in [1.54, 1.807) is 4.90 Å². The zero-order valence-electron chi connectivity index (χ0n) is 14.1. The highest BCUT2D eigenvalue weighted by molar-refractivity contribution is 8.00. The number of fused-ring (bicyclic) bond motifs is 1. The predicted molar refractivity (Wildman–Crippen MR) is 99.0 cm³/mol. The number of para-hydroxylation sites is 1. The maximum absolute atomic E-state index is 12.8. The molecule has 1 heterocycles. The number of nitrogens with one attached hydrogen (secondary N) is 1. The largest absolute Gasteiger partial charge is 0.492 e. The van der Waals surface area contributed by atoms with Crippen LogP contribution in [0.5, 0.6) is 5.75 Å². The van der Waals surface area contributed by atoms with Crippen LogP contribution in [0, 0.1) is 5.82 Å². The molecule has 0 aliphatic carbocycles. The second-order valence-corrected chi connectivity index (χ2v) is 6.72. The van der Waals surface area contributed by atoms with Crippen molar-refractivity contribution in [3.8, 4) is 5.75 Å². The third-order valence-corrected chi connectivity index (χ3v) is 4.92. The molecule has 7 heteroatoms. The quantitative estimate of drug-likeness (QED) is 0.757. The van der Waals surface area contributed by atoms with E-state index >= 15 is 0 Å². The molecule has 1 aliphatic heterocycles. The maximum Gasteiger partial charge on any atom is 0.237 e. The highest BCUT2D eigenvalue weighted by atomic mass is 32.2. The van der Waals surface area contributed by atoms with E-state index in [0.29, 0.717) is 31.2 Å². The van der Waals surface area contributed by atoms with Gasteiger partial charge in [-0.15, -0.1) is 11.8 Å². The van der Waals surface area contributed by atoms with Crippen LogP contribution in [0.2, 0.25) is 0 Å². The molecule has 1 aliphatic rings. The first-order valence-corrected chi connectivity index (χ1v) is 9.29. The minimum absolute atomic E-state index is 0.0149. The number of anilines is 1. The average molecular weight is 374 g/mol. The number of amides is 2. The van der Waals surface area contributed by atoms with Crippen molar-refractivity contribution in [1.82, 2.24) is 5.32 Å². The van der Waals surface area contributed by atoms with Crippen molar-refractivity contribution in [2.75, 3.05) is 30.3 Å². The lowest BCUT2D eigenvalue weighted by Crippen LogP contribution is -2.39. The molecule has 0 radical (unpaired) electrons. The van der Waals surface area contributed by atoms with Gasteiger partial charge in [-0.25, -0.2) is 4.39 Å². The molecule has 5 nitrogen and oxygen atoms in total. The van der Waals surface area contributed by atoms with Crippen LogP contribution in [0.1, 0.15) is 6.42 Å². The Balaban J connectivity index is 1.41. The number of rotatable bonds is 7. The Morgan fingerprint density at radius 3 is 2.77 bits per heavy atom. The van der Waals surface area contributed by atoms with Crippen molar-refractivity contribution in [2.45, 2.75) is 11.3 Å². The van der Waals surface area contributed by atoms with Gasteiger partial charge in [-0.3, -0.25) is 9.59 Å². The summed E-state index contributed by atoms with van der Waals surface area (Å²) < 4.78 is 18.2. The molecule has 0 atom stereocenters. The molecule has 0 fully saturated rings. The topological polar surface area (TPSA) is 58.6 Å². The molecule has 0 saturated carbocycles. The molecule has 2 aromatic rings. The fourth-order valence-electron chi connectivity index (χ4n) is 2.59. The molecule has 0 spiro atoms. The van der Waals surface area contributed by atoms with Gasteiger partial charge in [-0.2, -0.15) is 0 Å². The summed E-state index contributed by atoms with van der Waals surface area (Å²) in [5.41, 5.74) is 0.862. The summed E-state index contributed by atoms with van der Waals surface area (Å²) in [5, 5.41) is 2.76. The van der Waals surface area contributed by atoms with Crippen LogP contribution in [0.3, 0.4) is 0 Å². The first kappa shape index (κ1) is 18.3. The lowest BCUT2D eigenvalue weighted by Gasteiger charge is -2.28. The number of halogens is 1. The molecule has 136 valence electrons. The van der Waals surface area contributed by atoms with Gasteiger partial charge in [0.2, 0.25) is 11.8 Å². The number of benzene rings is 2. The fraction of sp³-hybridized carbons (Fsp3) is 0.263. The van der Waals surface area contributed by atoms with Crippen molar-refractivity contribution in [2.24, 2.45) is 0 Å². The summed E-state index contributed by atoms with van der Waals surface area (Å²) in [6.45, 7) is 0.983. The molecular formula is C19H19FN2O3S. The number of nitrogens with zero attached hydrogens (tertiary/aromatic N) is 1. The van der Waals surface area contributed by atoms with E-state index in [4.69, 9.17) is 4.74 Å². The lowest BCUT2D eigenvalue weighted by molar-refractivity contribution is -0.121. The molecule has 3 rings (SSSR count). The van der Waals surface area contributed by atoms with Gasteiger partial charge in [0, 0.05) is 17.9 Å². The summed E-state index contributed by atoms with van der Waals surface area (Å²) in [6.07, 6.45) is 0.224. The molecule has 0 bridgehead atoms. The number of carbonyl (C=O) groups is 2. The molecule has 26 heavy (non-hydrogen) atoms. The zero-order chi connectivity index (χ0) is 18.4. The molecule has 0 aromatic heterocycles. The van der Waals surface area contributed by atoms with Crippen molar-refractivity contribution in [1.29, 1.82) is 0 Å². The van der Waals surface area contributed by atoms with Gasteiger partial charge in [0.1, 0.15) is 18.2 Å². The van der Waals surface area contributed by atoms with E-state index in [9.17, 15) is 14.0 Å². The summed E-state index contributed by atoms with van der Waals surface area (Å²) >= 11 is 1.52. The molecule has 0 saturated heterocycles. The van der Waals surface area contributed by atoms with E-state index in [1.165, 1.54) is 36.0 Å². The Bertz CT molecular complexity index is 783. The van der Waals surface area contributed by atoms with Crippen molar-refractivity contribution >= 4 is 29.3 Å². The number of ether oxygens (including phenoxy) is 1. The Kier molecular flexibility index (Phi) is 6.12. The van der Waals surface area contributed by atoms with Gasteiger partial charge < -0.3 is 15.0 Å². The second-order valence-electron chi connectivity index (χ2n) is 5.70. The van der Waals surface area contributed by atoms with E-state index in [-0.39, 0.29) is 24.1 Å².